The van der Waals surface area contributed by atoms with Crippen molar-refractivity contribution in [3.8, 4) is 17.6 Å². The molecule has 0 radical (unpaired) electrons. The minimum absolute atomic E-state index is 0.0552. The van der Waals surface area contributed by atoms with Gasteiger partial charge in [0.05, 0.1) is 41.0 Å². The Balaban J connectivity index is 1.40. The Kier molecular flexibility index (Phi) is 6.70. The highest BCUT2D eigenvalue weighted by Gasteiger charge is 2.44. The summed E-state index contributed by atoms with van der Waals surface area (Å²) >= 11 is 2.45. The Bertz CT molecular complexity index is 1450. The van der Waals surface area contributed by atoms with Crippen molar-refractivity contribution in [2.45, 2.75) is 24.9 Å². The van der Waals surface area contributed by atoms with Gasteiger partial charge in [0.1, 0.15) is 22.1 Å². The number of thiophene rings is 1. The van der Waals surface area contributed by atoms with Gasteiger partial charge in [-0.15, -0.1) is 11.3 Å². The normalized spacial score (nSPS) is 16.0. The van der Waals surface area contributed by atoms with Crippen molar-refractivity contribution in [1.29, 1.82) is 5.26 Å². The standard InChI is InChI=1S/C26H24N4O5S2/c1-34-20-5-3-4-16-21(23(37-22(16)20)28-25(33)29-36-2)24(32)30-10-8-26(9-11-30)13-18(31)17-12-15(14-27)6-7-19(17)35-26/h3-7,12H,8-11,13H2,1-2H3,(H2,28,29,33). The van der Waals surface area contributed by atoms with Crippen molar-refractivity contribution < 1.29 is 23.9 Å². The van der Waals surface area contributed by atoms with Gasteiger partial charge in [-0.25, -0.2) is 4.79 Å². The minimum Gasteiger partial charge on any atom is -0.495 e. The maximum atomic E-state index is 13.8. The first-order valence-electron chi connectivity index (χ1n) is 11.6. The maximum Gasteiger partial charge on any atom is 0.329 e. The molecule has 2 N–H and O–H groups in total. The lowest BCUT2D eigenvalue weighted by atomic mass is 9.82. The number of rotatable bonds is 4. The number of methoxy groups -OCH3 is 1. The van der Waals surface area contributed by atoms with Gasteiger partial charge in [0.15, 0.2) is 5.78 Å². The molecule has 0 aliphatic carbocycles. The van der Waals surface area contributed by atoms with E-state index in [-0.39, 0.29) is 18.1 Å². The molecule has 0 atom stereocenters. The van der Waals surface area contributed by atoms with Crippen molar-refractivity contribution in [3.63, 3.8) is 0 Å². The summed E-state index contributed by atoms with van der Waals surface area (Å²) in [5.74, 6) is 0.854. The van der Waals surface area contributed by atoms with Gasteiger partial charge in [-0.05, 0) is 24.3 Å². The SMILES string of the molecule is COc1cccc2c(C(=O)N3CCC4(CC3)CC(=O)c3cc(C#N)ccc3O4)c(NC(=O)NSC)sc12. The number of hydrogen-bond donors (Lipinski definition) is 2. The number of nitriles is 1. The van der Waals surface area contributed by atoms with Gasteiger partial charge in [0.25, 0.3) is 5.91 Å². The van der Waals surface area contributed by atoms with Gasteiger partial charge >= 0.3 is 6.03 Å². The van der Waals surface area contributed by atoms with Crippen LogP contribution in [0.1, 0.15) is 45.5 Å². The molecule has 1 spiro atoms. The Hall–Kier alpha value is -3.75. The fraction of sp³-hybridized carbons (Fsp3) is 0.308. The number of anilines is 1. The minimum atomic E-state index is -0.686. The van der Waals surface area contributed by atoms with Crippen LogP contribution >= 0.6 is 23.3 Å². The fourth-order valence-corrected chi connectivity index (χ4v) is 6.31. The number of likely N-dealkylation sites (tertiary alicyclic amines) is 1. The Morgan fingerprint density at radius 1 is 1.24 bits per heavy atom. The first-order chi connectivity index (χ1) is 17.9. The highest BCUT2D eigenvalue weighted by atomic mass is 32.2. The molecular formula is C26H24N4O5S2. The molecule has 1 fully saturated rings. The number of nitrogens with zero attached hydrogens (tertiary/aromatic N) is 2. The summed E-state index contributed by atoms with van der Waals surface area (Å²) in [6, 6.07) is 12.0. The summed E-state index contributed by atoms with van der Waals surface area (Å²) < 4.78 is 15.2. The van der Waals surface area contributed by atoms with E-state index >= 15 is 0 Å². The summed E-state index contributed by atoms with van der Waals surface area (Å²) in [5, 5.41) is 13.1. The third kappa shape index (κ3) is 4.58. The van der Waals surface area contributed by atoms with E-state index in [9.17, 15) is 14.4 Å². The molecule has 37 heavy (non-hydrogen) atoms. The van der Waals surface area contributed by atoms with E-state index in [2.05, 4.69) is 16.1 Å². The molecule has 3 heterocycles. The van der Waals surface area contributed by atoms with E-state index in [0.29, 0.717) is 64.5 Å². The number of carbonyl (C=O) groups is 3. The average Bonchev–Trinajstić information content (AvgIpc) is 3.26. The van der Waals surface area contributed by atoms with E-state index in [0.717, 1.165) is 16.6 Å². The van der Waals surface area contributed by atoms with Gasteiger partial charge < -0.3 is 14.4 Å². The predicted molar refractivity (Wildman–Crippen MR) is 143 cm³/mol. The lowest BCUT2D eigenvalue weighted by Crippen LogP contribution is -2.52. The number of Topliss-reactive ketones (excluding diaryl/α,β-unsaturated/α-hetero) is 1. The van der Waals surface area contributed by atoms with Crippen molar-refractivity contribution in [3.05, 3.63) is 53.1 Å². The largest absolute Gasteiger partial charge is 0.495 e. The highest BCUT2D eigenvalue weighted by Crippen LogP contribution is 2.43. The van der Waals surface area contributed by atoms with Crippen LogP contribution in [0.3, 0.4) is 0 Å². The number of nitrogens with one attached hydrogen (secondary N) is 2. The van der Waals surface area contributed by atoms with Gasteiger partial charge in [0, 0.05) is 37.6 Å². The number of ketones is 1. The number of piperidine rings is 1. The molecule has 0 bridgehead atoms. The number of amides is 3. The Morgan fingerprint density at radius 2 is 2.03 bits per heavy atom. The molecule has 1 aromatic heterocycles. The molecular weight excluding hydrogens is 512 g/mol. The molecule has 2 aliphatic heterocycles. The number of fused-ring (bicyclic) bond motifs is 2. The zero-order chi connectivity index (χ0) is 26.2. The summed E-state index contributed by atoms with van der Waals surface area (Å²) in [6.45, 7) is 0.797. The number of ether oxygens (including phenoxy) is 2. The smallest absolute Gasteiger partial charge is 0.329 e. The van der Waals surface area contributed by atoms with Crippen LogP contribution in [-0.2, 0) is 0 Å². The quantitative estimate of drug-likeness (QED) is 0.459. The molecule has 190 valence electrons. The second kappa shape index (κ2) is 9.95. The zero-order valence-corrected chi connectivity index (χ0v) is 21.9. The zero-order valence-electron chi connectivity index (χ0n) is 20.3. The Labute approximate surface area is 221 Å². The molecule has 2 aliphatic rings. The molecule has 2 aromatic carbocycles. The van der Waals surface area contributed by atoms with Gasteiger partial charge in [-0.1, -0.05) is 24.1 Å². The number of benzene rings is 2. The van der Waals surface area contributed by atoms with Crippen LogP contribution in [0, 0.1) is 11.3 Å². The maximum absolute atomic E-state index is 13.8. The van der Waals surface area contributed by atoms with Crippen molar-refractivity contribution >= 4 is 56.1 Å². The first-order valence-corrected chi connectivity index (χ1v) is 13.7. The monoisotopic (exact) mass is 536 g/mol. The molecule has 0 unspecified atom stereocenters. The van der Waals surface area contributed by atoms with Gasteiger partial charge in [-0.3, -0.25) is 19.6 Å². The van der Waals surface area contributed by atoms with Crippen LogP contribution in [0.2, 0.25) is 0 Å². The van der Waals surface area contributed by atoms with Crippen LogP contribution in [0.15, 0.2) is 36.4 Å². The topological polar surface area (TPSA) is 121 Å². The van der Waals surface area contributed by atoms with E-state index in [1.807, 2.05) is 18.2 Å². The van der Waals surface area contributed by atoms with Gasteiger partial charge in [0.2, 0.25) is 0 Å². The molecule has 5 rings (SSSR count). The summed E-state index contributed by atoms with van der Waals surface area (Å²) in [6.07, 6.45) is 2.93. The second-order valence-corrected chi connectivity index (χ2v) is 10.5. The van der Waals surface area contributed by atoms with E-state index in [1.54, 1.807) is 36.5 Å². The molecule has 3 aromatic rings. The molecule has 0 saturated carbocycles. The Morgan fingerprint density at radius 3 is 2.73 bits per heavy atom. The highest BCUT2D eigenvalue weighted by molar-refractivity contribution is 7.97. The second-order valence-electron chi connectivity index (χ2n) is 8.90. The van der Waals surface area contributed by atoms with Gasteiger partial charge in [-0.2, -0.15) is 5.26 Å². The van der Waals surface area contributed by atoms with E-state index < -0.39 is 11.6 Å². The van der Waals surface area contributed by atoms with Crippen LogP contribution in [0.4, 0.5) is 9.80 Å². The third-order valence-corrected chi connectivity index (χ3v) is 8.24. The molecule has 9 nitrogen and oxygen atoms in total. The van der Waals surface area contributed by atoms with E-state index in [4.69, 9.17) is 14.7 Å². The number of carbonyl (C=O) groups excluding carboxylic acids is 3. The van der Waals surface area contributed by atoms with Crippen LogP contribution in [0.25, 0.3) is 10.1 Å². The van der Waals surface area contributed by atoms with Crippen LogP contribution in [0.5, 0.6) is 11.5 Å². The van der Waals surface area contributed by atoms with Crippen molar-refractivity contribution in [1.82, 2.24) is 9.62 Å². The van der Waals surface area contributed by atoms with Crippen molar-refractivity contribution in [2.24, 2.45) is 0 Å². The lowest BCUT2D eigenvalue weighted by molar-refractivity contribution is -0.00563. The summed E-state index contributed by atoms with van der Waals surface area (Å²) in [7, 11) is 1.57. The first kappa shape index (κ1) is 24.9. The van der Waals surface area contributed by atoms with E-state index in [1.165, 1.54) is 11.3 Å². The van der Waals surface area contributed by atoms with Crippen molar-refractivity contribution in [2.75, 3.05) is 31.8 Å². The number of urea groups is 1. The van der Waals surface area contributed by atoms with Crippen LogP contribution < -0.4 is 19.5 Å². The predicted octanol–water partition coefficient (Wildman–Crippen LogP) is 4.82. The third-order valence-electron chi connectivity index (χ3n) is 6.72. The molecule has 3 amide bonds. The fourth-order valence-electron chi connectivity index (χ4n) is 4.89. The number of hydrogen-bond acceptors (Lipinski definition) is 8. The summed E-state index contributed by atoms with van der Waals surface area (Å²) in [4.78, 5) is 40.8. The molecule has 11 heteroatoms. The van der Waals surface area contributed by atoms with Crippen LogP contribution in [-0.4, -0.2) is 54.7 Å². The molecule has 1 saturated heterocycles. The average molecular weight is 537 g/mol. The summed E-state index contributed by atoms with van der Waals surface area (Å²) in [5.41, 5.74) is 0.582. The lowest BCUT2D eigenvalue weighted by Gasteiger charge is -2.44.